The topological polar surface area (TPSA) is 49.6 Å². The first-order valence-electron chi connectivity index (χ1n) is 9.07. The minimum Gasteiger partial charge on any atom is -0.334 e. The number of nitrogens with two attached hydrogens (primary N) is 1. The zero-order valence-electron chi connectivity index (χ0n) is 15.4. The smallest absolute Gasteiger partial charge is 0.254 e. The van der Waals surface area contributed by atoms with Gasteiger partial charge < -0.3 is 10.6 Å². The SMILES string of the molecule is CC1CCN(C(=O)c2ccc(CN3CCSCC3)cc2)C(CN)C1.Cl.Cl. The van der Waals surface area contributed by atoms with Gasteiger partial charge in [0, 0.05) is 55.8 Å². The molecule has 2 N–H and O–H groups in total. The van der Waals surface area contributed by atoms with Gasteiger partial charge in [-0.05, 0) is 36.5 Å². The average molecular weight is 420 g/mol. The molecular formula is C19H31Cl2N3OS. The number of benzene rings is 1. The molecule has 3 rings (SSSR count). The second kappa shape index (κ2) is 11.4. The van der Waals surface area contributed by atoms with E-state index in [1.54, 1.807) is 0 Å². The van der Waals surface area contributed by atoms with Crippen LogP contribution in [0.4, 0.5) is 0 Å². The lowest BCUT2D eigenvalue weighted by atomic mass is 9.92. The van der Waals surface area contributed by atoms with Gasteiger partial charge in [-0.25, -0.2) is 0 Å². The van der Waals surface area contributed by atoms with Crippen LogP contribution in [-0.4, -0.2) is 59.4 Å². The van der Waals surface area contributed by atoms with Gasteiger partial charge >= 0.3 is 0 Å². The van der Waals surface area contributed by atoms with E-state index in [0.29, 0.717) is 12.5 Å². The van der Waals surface area contributed by atoms with Crippen molar-refractivity contribution in [3.63, 3.8) is 0 Å². The fourth-order valence-corrected chi connectivity index (χ4v) is 4.66. The molecule has 0 saturated carbocycles. The number of hydrogen-bond acceptors (Lipinski definition) is 4. The Hall–Kier alpha value is -0.460. The number of carbonyl (C=O) groups excluding carboxylic acids is 1. The summed E-state index contributed by atoms with van der Waals surface area (Å²) in [5.41, 5.74) is 7.98. The Labute approximate surface area is 174 Å². The third-order valence-electron chi connectivity index (χ3n) is 5.22. The Balaban J connectivity index is 0.00000169. The number of hydrogen-bond donors (Lipinski definition) is 1. The van der Waals surface area contributed by atoms with Crippen molar-refractivity contribution in [2.24, 2.45) is 11.7 Å². The van der Waals surface area contributed by atoms with E-state index >= 15 is 0 Å². The molecule has 2 heterocycles. The van der Waals surface area contributed by atoms with Gasteiger partial charge in [-0.2, -0.15) is 11.8 Å². The maximum absolute atomic E-state index is 12.8. The van der Waals surface area contributed by atoms with Gasteiger partial charge in [0.25, 0.3) is 5.91 Å². The highest BCUT2D eigenvalue weighted by atomic mass is 35.5. The highest BCUT2D eigenvalue weighted by Gasteiger charge is 2.29. The van der Waals surface area contributed by atoms with Crippen molar-refractivity contribution in [1.82, 2.24) is 9.80 Å². The van der Waals surface area contributed by atoms with Crippen LogP contribution in [0.25, 0.3) is 0 Å². The first-order chi connectivity index (χ1) is 11.7. The van der Waals surface area contributed by atoms with Crippen molar-refractivity contribution in [1.29, 1.82) is 0 Å². The Morgan fingerprint density at radius 2 is 1.81 bits per heavy atom. The summed E-state index contributed by atoms with van der Waals surface area (Å²) in [5.74, 6) is 3.25. The van der Waals surface area contributed by atoms with E-state index in [2.05, 4.69) is 24.0 Å². The Bertz CT molecular complexity index is 552. The molecular weight excluding hydrogens is 389 g/mol. The number of carbonyl (C=O) groups is 1. The monoisotopic (exact) mass is 419 g/mol. The van der Waals surface area contributed by atoms with Gasteiger partial charge in [0.15, 0.2) is 0 Å². The zero-order valence-corrected chi connectivity index (χ0v) is 17.9. The number of likely N-dealkylation sites (tertiary alicyclic amines) is 1. The molecule has 2 aliphatic rings. The van der Waals surface area contributed by atoms with Crippen molar-refractivity contribution in [2.45, 2.75) is 32.4 Å². The third-order valence-corrected chi connectivity index (χ3v) is 6.16. The van der Waals surface area contributed by atoms with E-state index in [0.717, 1.165) is 44.6 Å². The summed E-state index contributed by atoms with van der Waals surface area (Å²) in [5, 5.41) is 0. The van der Waals surface area contributed by atoms with Crippen molar-refractivity contribution in [3.8, 4) is 0 Å². The van der Waals surface area contributed by atoms with Gasteiger partial charge in [0.1, 0.15) is 0 Å². The lowest BCUT2D eigenvalue weighted by molar-refractivity contribution is 0.0573. The van der Waals surface area contributed by atoms with Crippen molar-refractivity contribution < 1.29 is 4.79 Å². The van der Waals surface area contributed by atoms with Gasteiger partial charge in [-0.1, -0.05) is 19.1 Å². The molecule has 2 aliphatic heterocycles. The highest BCUT2D eigenvalue weighted by molar-refractivity contribution is 7.99. The maximum atomic E-state index is 12.8. The number of rotatable bonds is 4. The fraction of sp³-hybridized carbons (Fsp3) is 0.632. The quantitative estimate of drug-likeness (QED) is 0.812. The van der Waals surface area contributed by atoms with Crippen molar-refractivity contribution in [2.75, 3.05) is 37.7 Å². The summed E-state index contributed by atoms with van der Waals surface area (Å²) in [6, 6.07) is 8.38. The molecule has 2 atom stereocenters. The number of piperidine rings is 1. The summed E-state index contributed by atoms with van der Waals surface area (Å²) in [6.45, 7) is 6.95. The molecule has 7 heteroatoms. The van der Waals surface area contributed by atoms with Crippen molar-refractivity contribution in [3.05, 3.63) is 35.4 Å². The normalized spacial score (nSPS) is 23.7. The first kappa shape index (κ1) is 23.6. The molecule has 2 fully saturated rings. The van der Waals surface area contributed by atoms with E-state index in [4.69, 9.17) is 5.73 Å². The van der Waals surface area contributed by atoms with Crippen LogP contribution in [0, 0.1) is 5.92 Å². The van der Waals surface area contributed by atoms with Crippen LogP contribution in [0.15, 0.2) is 24.3 Å². The largest absolute Gasteiger partial charge is 0.334 e. The molecule has 0 aromatic heterocycles. The molecule has 148 valence electrons. The number of amides is 1. The molecule has 1 amide bonds. The molecule has 0 aliphatic carbocycles. The summed E-state index contributed by atoms with van der Waals surface area (Å²) in [6.07, 6.45) is 2.10. The molecule has 26 heavy (non-hydrogen) atoms. The Kier molecular flexibility index (Phi) is 10.3. The van der Waals surface area contributed by atoms with Crippen LogP contribution in [0.1, 0.15) is 35.7 Å². The lowest BCUT2D eigenvalue weighted by Crippen LogP contribution is -2.49. The average Bonchev–Trinajstić information content (AvgIpc) is 2.62. The minimum absolute atomic E-state index is 0. The van der Waals surface area contributed by atoms with Gasteiger partial charge in [0.2, 0.25) is 0 Å². The lowest BCUT2D eigenvalue weighted by Gasteiger charge is -2.38. The summed E-state index contributed by atoms with van der Waals surface area (Å²) < 4.78 is 0. The second-order valence-corrected chi connectivity index (χ2v) is 8.33. The predicted molar refractivity (Wildman–Crippen MR) is 116 cm³/mol. The molecule has 2 unspecified atom stereocenters. The third kappa shape index (κ3) is 6.03. The first-order valence-corrected chi connectivity index (χ1v) is 10.2. The van der Waals surface area contributed by atoms with E-state index in [1.807, 2.05) is 28.8 Å². The van der Waals surface area contributed by atoms with Crippen LogP contribution >= 0.6 is 36.6 Å². The number of halogens is 2. The van der Waals surface area contributed by atoms with Crippen LogP contribution < -0.4 is 5.73 Å². The van der Waals surface area contributed by atoms with E-state index < -0.39 is 0 Å². The zero-order chi connectivity index (χ0) is 16.9. The predicted octanol–water partition coefficient (Wildman–Crippen LogP) is 3.28. The fourth-order valence-electron chi connectivity index (χ4n) is 3.68. The van der Waals surface area contributed by atoms with Crippen LogP contribution in [-0.2, 0) is 6.54 Å². The molecule has 0 bridgehead atoms. The minimum atomic E-state index is 0. The summed E-state index contributed by atoms with van der Waals surface area (Å²) in [7, 11) is 0. The van der Waals surface area contributed by atoms with E-state index in [1.165, 1.54) is 17.1 Å². The van der Waals surface area contributed by atoms with Crippen LogP contribution in [0.2, 0.25) is 0 Å². The summed E-state index contributed by atoms with van der Waals surface area (Å²) >= 11 is 2.03. The second-order valence-electron chi connectivity index (χ2n) is 7.10. The number of nitrogens with zero attached hydrogens (tertiary/aromatic N) is 2. The van der Waals surface area contributed by atoms with Crippen molar-refractivity contribution >= 4 is 42.5 Å². The highest BCUT2D eigenvalue weighted by Crippen LogP contribution is 2.24. The molecule has 1 aromatic rings. The Morgan fingerprint density at radius 3 is 2.42 bits per heavy atom. The molecule has 0 radical (unpaired) electrons. The Morgan fingerprint density at radius 1 is 1.15 bits per heavy atom. The number of thioether (sulfide) groups is 1. The van der Waals surface area contributed by atoms with Crippen LogP contribution in [0.3, 0.4) is 0 Å². The van der Waals surface area contributed by atoms with Gasteiger partial charge in [-0.15, -0.1) is 24.8 Å². The van der Waals surface area contributed by atoms with Gasteiger partial charge in [-0.3, -0.25) is 9.69 Å². The molecule has 0 spiro atoms. The molecule has 2 saturated heterocycles. The maximum Gasteiger partial charge on any atom is 0.254 e. The van der Waals surface area contributed by atoms with E-state index in [9.17, 15) is 4.79 Å². The van der Waals surface area contributed by atoms with Crippen LogP contribution in [0.5, 0.6) is 0 Å². The standard InChI is InChI=1S/C19H29N3OS.2ClH/c1-15-6-7-22(18(12-15)13-20)19(23)17-4-2-16(3-5-17)14-21-8-10-24-11-9-21;;/h2-5,15,18H,6-14,20H2,1H3;2*1H. The molecule has 4 nitrogen and oxygen atoms in total. The summed E-state index contributed by atoms with van der Waals surface area (Å²) in [4.78, 5) is 17.3. The van der Waals surface area contributed by atoms with E-state index in [-0.39, 0.29) is 36.8 Å². The van der Waals surface area contributed by atoms with Gasteiger partial charge in [0.05, 0.1) is 0 Å². The molecule has 1 aromatic carbocycles.